The Hall–Kier alpha value is -0.940. The number of amides is 1. The molecule has 0 N–H and O–H groups in total. The van der Waals surface area contributed by atoms with Gasteiger partial charge < -0.3 is 9.64 Å². The molecular weight excluding hydrogens is 284 g/mol. The number of halogens is 1. The number of hydrogen-bond acceptors (Lipinski definition) is 3. The average Bonchev–Trinajstić information content (AvgIpc) is 2.39. The fourth-order valence-electron chi connectivity index (χ4n) is 2.00. The summed E-state index contributed by atoms with van der Waals surface area (Å²) in [5, 5.41) is 0. The highest BCUT2D eigenvalue weighted by Crippen LogP contribution is 2.16. The summed E-state index contributed by atoms with van der Waals surface area (Å²) in [6, 6.07) is 3.57. The number of rotatable bonds is 2. The summed E-state index contributed by atoms with van der Waals surface area (Å²) < 4.78 is 6.05. The van der Waals surface area contributed by atoms with E-state index in [0.717, 1.165) is 24.0 Å². The summed E-state index contributed by atoms with van der Waals surface area (Å²) in [5.41, 5.74) is 0.630. The highest BCUT2D eigenvalue weighted by molar-refractivity contribution is 9.10. The lowest BCUT2D eigenvalue weighted by Crippen LogP contribution is -2.42. The number of piperidine rings is 1. The third kappa shape index (κ3) is 3.04. The molecule has 92 valence electrons. The van der Waals surface area contributed by atoms with E-state index in [9.17, 15) is 4.79 Å². The maximum Gasteiger partial charge on any atom is 0.255 e. The van der Waals surface area contributed by atoms with Crippen molar-refractivity contribution in [1.29, 1.82) is 0 Å². The molecular formula is C12H15BrN2O2. The Morgan fingerprint density at radius 1 is 1.59 bits per heavy atom. The molecule has 2 rings (SSSR count). The minimum atomic E-state index is 0.0340. The summed E-state index contributed by atoms with van der Waals surface area (Å²) >= 11 is 3.26. The molecule has 2 heterocycles. The quantitative estimate of drug-likeness (QED) is 0.785. The van der Waals surface area contributed by atoms with Gasteiger partial charge in [-0.2, -0.15) is 0 Å². The molecule has 1 aromatic rings. The standard InChI is InChI=1S/C12H15BrN2O2/c1-17-10-3-2-6-15(8-10)12(16)9-4-5-11(13)14-7-9/h4-5,7,10H,2-3,6,8H2,1H3. The molecule has 0 saturated carbocycles. The van der Waals surface area contributed by atoms with Crippen molar-refractivity contribution in [3.63, 3.8) is 0 Å². The van der Waals surface area contributed by atoms with Crippen molar-refractivity contribution in [2.24, 2.45) is 0 Å². The average molecular weight is 299 g/mol. The van der Waals surface area contributed by atoms with Gasteiger partial charge in [-0.3, -0.25) is 4.79 Å². The van der Waals surface area contributed by atoms with E-state index in [4.69, 9.17) is 4.74 Å². The zero-order chi connectivity index (χ0) is 12.3. The SMILES string of the molecule is COC1CCCN(C(=O)c2ccc(Br)nc2)C1. The van der Waals surface area contributed by atoms with Gasteiger partial charge in [-0.1, -0.05) is 0 Å². The van der Waals surface area contributed by atoms with E-state index in [0.29, 0.717) is 12.1 Å². The number of likely N-dealkylation sites (tertiary alicyclic amines) is 1. The number of methoxy groups -OCH3 is 1. The molecule has 4 nitrogen and oxygen atoms in total. The number of hydrogen-bond donors (Lipinski definition) is 0. The number of carbonyl (C=O) groups excluding carboxylic acids is 1. The molecule has 1 aliphatic rings. The zero-order valence-electron chi connectivity index (χ0n) is 9.73. The minimum Gasteiger partial charge on any atom is -0.380 e. The fourth-order valence-corrected chi connectivity index (χ4v) is 2.23. The molecule has 0 aromatic carbocycles. The first kappa shape index (κ1) is 12.5. The first-order valence-corrected chi connectivity index (χ1v) is 6.43. The molecule has 1 aromatic heterocycles. The Balaban J connectivity index is 2.06. The smallest absolute Gasteiger partial charge is 0.255 e. The Kier molecular flexibility index (Phi) is 4.12. The lowest BCUT2D eigenvalue weighted by Gasteiger charge is -2.31. The van der Waals surface area contributed by atoms with Crippen molar-refractivity contribution in [2.45, 2.75) is 18.9 Å². The van der Waals surface area contributed by atoms with Crippen LogP contribution in [0.2, 0.25) is 0 Å². The Morgan fingerprint density at radius 3 is 3.06 bits per heavy atom. The summed E-state index contributed by atoms with van der Waals surface area (Å²) in [4.78, 5) is 18.1. The highest BCUT2D eigenvalue weighted by Gasteiger charge is 2.24. The number of nitrogens with zero attached hydrogens (tertiary/aromatic N) is 2. The van der Waals surface area contributed by atoms with E-state index >= 15 is 0 Å². The predicted octanol–water partition coefficient (Wildman–Crippen LogP) is 2.10. The van der Waals surface area contributed by atoms with Crippen LogP contribution in [0.1, 0.15) is 23.2 Å². The molecule has 0 aliphatic carbocycles. The van der Waals surface area contributed by atoms with Crippen LogP contribution < -0.4 is 0 Å². The third-order valence-electron chi connectivity index (χ3n) is 2.97. The topological polar surface area (TPSA) is 42.4 Å². The van der Waals surface area contributed by atoms with Crippen LogP contribution in [0.4, 0.5) is 0 Å². The molecule has 1 fully saturated rings. The lowest BCUT2D eigenvalue weighted by molar-refractivity contribution is 0.0268. The highest BCUT2D eigenvalue weighted by atomic mass is 79.9. The summed E-state index contributed by atoms with van der Waals surface area (Å²) in [6.07, 6.45) is 3.78. The molecule has 0 bridgehead atoms. The van der Waals surface area contributed by atoms with Gasteiger partial charge in [0.15, 0.2) is 0 Å². The monoisotopic (exact) mass is 298 g/mol. The second-order valence-corrected chi connectivity index (χ2v) is 4.93. The van der Waals surface area contributed by atoms with Crippen molar-refractivity contribution in [3.8, 4) is 0 Å². The molecule has 5 heteroatoms. The van der Waals surface area contributed by atoms with Crippen LogP contribution in [0.15, 0.2) is 22.9 Å². The second-order valence-electron chi connectivity index (χ2n) is 4.12. The zero-order valence-corrected chi connectivity index (χ0v) is 11.3. The summed E-state index contributed by atoms with van der Waals surface area (Å²) in [5.74, 6) is 0.0340. The van der Waals surface area contributed by atoms with E-state index in [-0.39, 0.29) is 12.0 Å². The number of pyridine rings is 1. The van der Waals surface area contributed by atoms with Crippen LogP contribution in [0.3, 0.4) is 0 Å². The first-order valence-electron chi connectivity index (χ1n) is 5.64. The van der Waals surface area contributed by atoms with Crippen LogP contribution in [0, 0.1) is 0 Å². The molecule has 1 aliphatic heterocycles. The van der Waals surface area contributed by atoms with E-state index in [1.807, 2.05) is 4.90 Å². The number of carbonyl (C=O) groups is 1. The van der Waals surface area contributed by atoms with Gasteiger partial charge in [0.2, 0.25) is 0 Å². The number of aromatic nitrogens is 1. The minimum absolute atomic E-state index is 0.0340. The predicted molar refractivity (Wildman–Crippen MR) is 67.9 cm³/mol. The van der Waals surface area contributed by atoms with Crippen LogP contribution in [0.5, 0.6) is 0 Å². The molecule has 1 unspecified atom stereocenters. The van der Waals surface area contributed by atoms with Gasteiger partial charge in [0, 0.05) is 26.4 Å². The van der Waals surface area contributed by atoms with Gasteiger partial charge in [-0.25, -0.2) is 4.98 Å². The van der Waals surface area contributed by atoms with Gasteiger partial charge in [-0.05, 0) is 40.9 Å². The molecule has 0 radical (unpaired) electrons. The van der Waals surface area contributed by atoms with Crippen molar-refractivity contribution in [2.75, 3.05) is 20.2 Å². The molecule has 17 heavy (non-hydrogen) atoms. The van der Waals surface area contributed by atoms with Crippen molar-refractivity contribution in [3.05, 3.63) is 28.5 Å². The van der Waals surface area contributed by atoms with Crippen molar-refractivity contribution in [1.82, 2.24) is 9.88 Å². The van der Waals surface area contributed by atoms with Crippen LogP contribution in [-0.4, -0.2) is 42.1 Å². The van der Waals surface area contributed by atoms with Crippen LogP contribution in [0.25, 0.3) is 0 Å². The van der Waals surface area contributed by atoms with Gasteiger partial charge in [0.05, 0.1) is 11.7 Å². The normalized spacial score (nSPS) is 20.4. The van der Waals surface area contributed by atoms with E-state index in [1.54, 1.807) is 25.4 Å². The first-order chi connectivity index (χ1) is 8.20. The molecule has 1 amide bonds. The van der Waals surface area contributed by atoms with E-state index in [1.165, 1.54) is 0 Å². The number of ether oxygens (including phenoxy) is 1. The largest absolute Gasteiger partial charge is 0.380 e. The van der Waals surface area contributed by atoms with E-state index in [2.05, 4.69) is 20.9 Å². The van der Waals surface area contributed by atoms with Gasteiger partial charge in [0.1, 0.15) is 4.60 Å². The maximum atomic E-state index is 12.2. The Labute approximate surface area is 109 Å². The summed E-state index contributed by atoms with van der Waals surface area (Å²) in [7, 11) is 1.69. The fraction of sp³-hybridized carbons (Fsp3) is 0.500. The van der Waals surface area contributed by atoms with E-state index < -0.39 is 0 Å². The Bertz CT molecular complexity index is 394. The van der Waals surface area contributed by atoms with Crippen LogP contribution >= 0.6 is 15.9 Å². The lowest BCUT2D eigenvalue weighted by atomic mass is 10.1. The second kappa shape index (κ2) is 5.60. The van der Waals surface area contributed by atoms with Gasteiger partial charge in [-0.15, -0.1) is 0 Å². The van der Waals surface area contributed by atoms with Crippen LogP contribution in [-0.2, 0) is 4.74 Å². The van der Waals surface area contributed by atoms with Crippen molar-refractivity contribution < 1.29 is 9.53 Å². The summed E-state index contributed by atoms with van der Waals surface area (Å²) in [6.45, 7) is 1.47. The van der Waals surface area contributed by atoms with Gasteiger partial charge in [0.25, 0.3) is 5.91 Å². The van der Waals surface area contributed by atoms with Crippen molar-refractivity contribution >= 4 is 21.8 Å². The maximum absolute atomic E-state index is 12.2. The molecule has 0 spiro atoms. The third-order valence-corrected chi connectivity index (χ3v) is 3.44. The molecule has 1 saturated heterocycles. The van der Waals surface area contributed by atoms with Gasteiger partial charge >= 0.3 is 0 Å². The molecule has 1 atom stereocenters. The Morgan fingerprint density at radius 2 is 2.41 bits per heavy atom.